The first kappa shape index (κ1) is 22.7. The Labute approximate surface area is 199 Å². The van der Waals surface area contributed by atoms with Gasteiger partial charge in [0.15, 0.2) is 5.11 Å². The zero-order valence-corrected chi connectivity index (χ0v) is 20.2. The lowest BCUT2D eigenvalue weighted by Gasteiger charge is -2.40. The van der Waals surface area contributed by atoms with Gasteiger partial charge in [0.1, 0.15) is 11.3 Å². The summed E-state index contributed by atoms with van der Waals surface area (Å²) in [6, 6.07) is 13.0. The molecule has 2 heterocycles. The SMILES string of the molecule is CCOc1cccc(N2C(=O)/C(=C\c3ccc4c(c3)C(C)=CC(C)(C)N4C)C(=O)NC2=S)c1. The summed E-state index contributed by atoms with van der Waals surface area (Å²) in [6.45, 7) is 8.80. The molecule has 0 saturated carbocycles. The van der Waals surface area contributed by atoms with E-state index in [1.54, 1.807) is 30.3 Å². The van der Waals surface area contributed by atoms with Crippen LogP contribution >= 0.6 is 12.2 Å². The molecular formula is C26H27N3O3S. The van der Waals surface area contributed by atoms with Gasteiger partial charge >= 0.3 is 0 Å². The summed E-state index contributed by atoms with van der Waals surface area (Å²) in [6.07, 6.45) is 3.84. The van der Waals surface area contributed by atoms with Crippen molar-refractivity contribution in [2.75, 3.05) is 23.5 Å². The molecule has 0 aromatic heterocycles. The number of nitrogens with one attached hydrogen (secondary N) is 1. The Bertz CT molecular complexity index is 1230. The molecule has 2 aromatic rings. The van der Waals surface area contributed by atoms with Crippen molar-refractivity contribution in [2.45, 2.75) is 33.2 Å². The highest BCUT2D eigenvalue weighted by atomic mass is 32.1. The lowest BCUT2D eigenvalue weighted by Crippen LogP contribution is -2.54. The fourth-order valence-corrected chi connectivity index (χ4v) is 4.49. The Hall–Kier alpha value is -3.45. The zero-order valence-electron chi connectivity index (χ0n) is 19.4. The highest BCUT2D eigenvalue weighted by molar-refractivity contribution is 7.80. The first-order chi connectivity index (χ1) is 15.6. The Balaban J connectivity index is 1.72. The Morgan fingerprint density at radius 2 is 1.91 bits per heavy atom. The minimum atomic E-state index is -0.509. The number of anilines is 2. The first-order valence-corrected chi connectivity index (χ1v) is 11.2. The van der Waals surface area contributed by atoms with Gasteiger partial charge in [-0.15, -0.1) is 0 Å². The van der Waals surface area contributed by atoms with E-state index in [4.69, 9.17) is 17.0 Å². The topological polar surface area (TPSA) is 61.9 Å². The largest absolute Gasteiger partial charge is 0.494 e. The molecule has 1 N–H and O–H groups in total. The molecule has 0 spiro atoms. The van der Waals surface area contributed by atoms with E-state index in [0.29, 0.717) is 18.0 Å². The Kier molecular flexibility index (Phi) is 5.84. The summed E-state index contributed by atoms with van der Waals surface area (Å²) in [5, 5.41) is 2.68. The summed E-state index contributed by atoms with van der Waals surface area (Å²) in [7, 11) is 2.06. The fraction of sp³-hybridized carbons (Fsp3) is 0.269. The van der Waals surface area contributed by atoms with Crippen LogP contribution in [0.3, 0.4) is 0 Å². The van der Waals surface area contributed by atoms with Gasteiger partial charge in [-0.05, 0) is 81.4 Å². The molecule has 0 radical (unpaired) electrons. The molecule has 0 aliphatic carbocycles. The molecule has 2 aliphatic heterocycles. The van der Waals surface area contributed by atoms with Gasteiger partial charge in [-0.3, -0.25) is 19.8 Å². The number of rotatable bonds is 4. The van der Waals surface area contributed by atoms with Crippen LogP contribution in [0.5, 0.6) is 5.75 Å². The van der Waals surface area contributed by atoms with Crippen molar-refractivity contribution in [2.24, 2.45) is 0 Å². The monoisotopic (exact) mass is 461 g/mol. The third kappa shape index (κ3) is 4.16. The maximum absolute atomic E-state index is 13.4. The lowest BCUT2D eigenvalue weighted by atomic mass is 9.88. The quantitative estimate of drug-likeness (QED) is 0.411. The number of hydrogen-bond acceptors (Lipinski definition) is 5. The number of ether oxygens (including phenoxy) is 1. The molecule has 6 nitrogen and oxygen atoms in total. The van der Waals surface area contributed by atoms with Crippen LogP contribution in [0.2, 0.25) is 0 Å². The van der Waals surface area contributed by atoms with Gasteiger partial charge in [0.2, 0.25) is 0 Å². The summed E-state index contributed by atoms with van der Waals surface area (Å²) < 4.78 is 5.55. The van der Waals surface area contributed by atoms with Crippen LogP contribution in [0.1, 0.15) is 38.8 Å². The number of fused-ring (bicyclic) bond motifs is 1. The van der Waals surface area contributed by atoms with Gasteiger partial charge in [-0.2, -0.15) is 0 Å². The molecule has 170 valence electrons. The second-order valence-corrected chi connectivity index (χ2v) is 9.09. The van der Waals surface area contributed by atoms with Gasteiger partial charge in [0.05, 0.1) is 17.8 Å². The number of benzene rings is 2. The fourth-order valence-electron chi connectivity index (χ4n) is 4.20. The predicted molar refractivity (Wildman–Crippen MR) is 136 cm³/mol. The van der Waals surface area contributed by atoms with E-state index < -0.39 is 11.8 Å². The molecule has 33 heavy (non-hydrogen) atoms. The van der Waals surface area contributed by atoms with Crippen LogP contribution in [-0.4, -0.2) is 36.1 Å². The minimum Gasteiger partial charge on any atom is -0.494 e. The van der Waals surface area contributed by atoms with E-state index in [1.165, 1.54) is 4.90 Å². The number of carbonyl (C=O) groups excluding carboxylic acids is 2. The van der Waals surface area contributed by atoms with Gasteiger partial charge < -0.3 is 9.64 Å². The van der Waals surface area contributed by atoms with E-state index in [1.807, 2.05) is 25.1 Å². The van der Waals surface area contributed by atoms with E-state index in [9.17, 15) is 9.59 Å². The molecule has 2 aromatic carbocycles. The Morgan fingerprint density at radius 3 is 2.64 bits per heavy atom. The standard InChI is InChI=1S/C26H27N3O3S/c1-6-32-19-9-7-8-18(14-19)29-24(31)21(23(30)27-25(29)33)13-17-10-11-22-20(12-17)16(2)15-26(3,4)28(22)5/h7-15H,6H2,1-5H3,(H,27,30,33)/b21-13-. The smallest absolute Gasteiger partial charge is 0.270 e. The highest BCUT2D eigenvalue weighted by Gasteiger charge is 2.35. The van der Waals surface area contributed by atoms with Crippen molar-refractivity contribution in [3.63, 3.8) is 0 Å². The van der Waals surface area contributed by atoms with E-state index in [2.05, 4.69) is 44.1 Å². The normalized spacial score (nSPS) is 18.8. The number of thiocarbonyl (C=S) groups is 1. The number of amides is 2. The minimum absolute atomic E-state index is 0.0245. The van der Waals surface area contributed by atoms with Crippen LogP contribution in [0, 0.1) is 0 Å². The average Bonchev–Trinajstić information content (AvgIpc) is 2.75. The second-order valence-electron chi connectivity index (χ2n) is 8.70. The van der Waals surface area contributed by atoms with Crippen molar-refractivity contribution in [3.05, 3.63) is 65.2 Å². The van der Waals surface area contributed by atoms with Crippen LogP contribution in [0.25, 0.3) is 11.6 Å². The summed E-state index contributed by atoms with van der Waals surface area (Å²) >= 11 is 5.31. The van der Waals surface area contributed by atoms with Gasteiger partial charge in [0, 0.05) is 24.4 Å². The maximum atomic E-state index is 13.4. The lowest BCUT2D eigenvalue weighted by molar-refractivity contribution is -0.122. The molecule has 2 amide bonds. The second kappa shape index (κ2) is 8.48. The van der Waals surface area contributed by atoms with Crippen molar-refractivity contribution < 1.29 is 14.3 Å². The van der Waals surface area contributed by atoms with Crippen molar-refractivity contribution in [1.82, 2.24) is 5.32 Å². The molecular weight excluding hydrogens is 434 g/mol. The van der Waals surface area contributed by atoms with Gasteiger partial charge in [-0.1, -0.05) is 18.2 Å². The molecule has 4 rings (SSSR count). The van der Waals surface area contributed by atoms with Crippen molar-refractivity contribution >= 4 is 52.2 Å². The average molecular weight is 462 g/mol. The predicted octanol–water partition coefficient (Wildman–Crippen LogP) is 4.55. The maximum Gasteiger partial charge on any atom is 0.270 e. The molecule has 1 saturated heterocycles. The molecule has 0 atom stereocenters. The molecule has 7 heteroatoms. The van der Waals surface area contributed by atoms with Gasteiger partial charge in [-0.25, -0.2) is 0 Å². The van der Waals surface area contributed by atoms with E-state index in [0.717, 1.165) is 22.4 Å². The molecule has 2 aliphatic rings. The third-order valence-electron chi connectivity index (χ3n) is 6.04. The van der Waals surface area contributed by atoms with Crippen LogP contribution in [0.4, 0.5) is 11.4 Å². The number of hydrogen-bond donors (Lipinski definition) is 1. The number of likely N-dealkylation sites (N-methyl/N-ethyl adjacent to an activating group) is 1. The van der Waals surface area contributed by atoms with E-state index in [-0.39, 0.29) is 16.2 Å². The Morgan fingerprint density at radius 1 is 1.15 bits per heavy atom. The van der Waals surface area contributed by atoms with E-state index >= 15 is 0 Å². The zero-order chi connectivity index (χ0) is 23.9. The third-order valence-corrected chi connectivity index (χ3v) is 6.33. The number of allylic oxidation sites excluding steroid dienone is 1. The van der Waals surface area contributed by atoms with Gasteiger partial charge in [0.25, 0.3) is 11.8 Å². The number of nitrogens with zero attached hydrogens (tertiary/aromatic N) is 2. The molecule has 0 bridgehead atoms. The first-order valence-electron chi connectivity index (χ1n) is 10.8. The van der Waals surface area contributed by atoms with Crippen LogP contribution in [-0.2, 0) is 9.59 Å². The number of carbonyl (C=O) groups is 2. The summed E-state index contributed by atoms with van der Waals surface area (Å²) in [5.41, 5.74) is 4.57. The van der Waals surface area contributed by atoms with Crippen LogP contribution in [0.15, 0.2) is 54.1 Å². The highest BCUT2D eigenvalue weighted by Crippen LogP contribution is 2.38. The molecule has 1 fully saturated rings. The molecule has 0 unspecified atom stereocenters. The summed E-state index contributed by atoms with van der Waals surface area (Å²) in [5.74, 6) is -0.358. The summed E-state index contributed by atoms with van der Waals surface area (Å²) in [4.78, 5) is 29.6. The van der Waals surface area contributed by atoms with Crippen molar-refractivity contribution in [3.8, 4) is 5.75 Å². The van der Waals surface area contributed by atoms with Crippen LogP contribution < -0.4 is 19.9 Å². The van der Waals surface area contributed by atoms with Crippen molar-refractivity contribution in [1.29, 1.82) is 0 Å².